The second kappa shape index (κ2) is 11.1. The number of rotatable bonds is 7. The molecule has 0 radical (unpaired) electrons. The molecule has 7 heteroatoms. The topological polar surface area (TPSA) is 66.0 Å². The van der Waals surface area contributed by atoms with Crippen LogP contribution in [0.5, 0.6) is 0 Å². The van der Waals surface area contributed by atoms with Crippen molar-refractivity contribution >= 4 is 35.8 Å². The smallest absolute Gasteiger partial charge is 0.242 e. The van der Waals surface area contributed by atoms with Crippen LogP contribution in [0.25, 0.3) is 0 Å². The van der Waals surface area contributed by atoms with Crippen molar-refractivity contribution in [1.29, 1.82) is 0 Å². The highest BCUT2D eigenvalue weighted by atomic mass is 127. The van der Waals surface area contributed by atoms with Gasteiger partial charge in [-0.05, 0) is 44.9 Å². The minimum atomic E-state index is 0. The maximum atomic E-state index is 11.8. The Bertz CT molecular complexity index is 382. The van der Waals surface area contributed by atoms with Crippen LogP contribution in [0.15, 0.2) is 4.99 Å². The molecular weight excluding hydrogens is 407 g/mol. The molecule has 1 aliphatic carbocycles. The minimum Gasteiger partial charge on any atom is -0.381 e. The Balaban J connectivity index is 0.00000264. The van der Waals surface area contributed by atoms with Crippen LogP contribution in [0.2, 0.25) is 0 Å². The number of nitrogens with zero attached hydrogens (tertiary/aromatic N) is 2. The molecule has 0 unspecified atom stereocenters. The van der Waals surface area contributed by atoms with Crippen molar-refractivity contribution in [3.05, 3.63) is 0 Å². The van der Waals surface area contributed by atoms with Gasteiger partial charge >= 0.3 is 0 Å². The van der Waals surface area contributed by atoms with E-state index in [-0.39, 0.29) is 36.4 Å². The van der Waals surface area contributed by atoms with Crippen molar-refractivity contribution < 1.29 is 9.53 Å². The zero-order chi connectivity index (χ0) is 15.8. The molecule has 0 bridgehead atoms. The number of halogens is 1. The largest absolute Gasteiger partial charge is 0.381 e. The molecule has 1 heterocycles. The molecule has 2 aliphatic rings. The van der Waals surface area contributed by atoms with Gasteiger partial charge in [-0.15, -0.1) is 24.0 Å². The summed E-state index contributed by atoms with van der Waals surface area (Å²) in [6.45, 7) is 5.81. The van der Waals surface area contributed by atoms with E-state index in [9.17, 15) is 4.79 Å². The van der Waals surface area contributed by atoms with E-state index in [1.54, 1.807) is 0 Å². The SMILES string of the molecule is CCNC(=NCC(=O)NC1CC1)N(C)CCC1CCOCC1.I. The number of aliphatic imine (C=N–C) groups is 1. The van der Waals surface area contributed by atoms with E-state index >= 15 is 0 Å². The molecule has 0 aromatic rings. The number of carbonyl (C=O) groups is 1. The van der Waals surface area contributed by atoms with Crippen molar-refractivity contribution in [2.75, 3.05) is 39.9 Å². The molecule has 6 nitrogen and oxygen atoms in total. The van der Waals surface area contributed by atoms with Crippen LogP contribution < -0.4 is 10.6 Å². The first-order valence-corrected chi connectivity index (χ1v) is 8.55. The highest BCUT2D eigenvalue weighted by molar-refractivity contribution is 14.0. The molecule has 1 saturated heterocycles. The summed E-state index contributed by atoms with van der Waals surface area (Å²) < 4.78 is 5.40. The van der Waals surface area contributed by atoms with Gasteiger partial charge in [-0.1, -0.05) is 0 Å². The van der Waals surface area contributed by atoms with Gasteiger partial charge in [0.2, 0.25) is 5.91 Å². The first-order chi connectivity index (χ1) is 10.7. The average Bonchev–Trinajstić information content (AvgIpc) is 3.34. The molecule has 2 N–H and O–H groups in total. The number of carbonyl (C=O) groups excluding carboxylic acids is 1. The van der Waals surface area contributed by atoms with Gasteiger partial charge in [0, 0.05) is 39.4 Å². The molecule has 0 aromatic heterocycles. The minimum absolute atomic E-state index is 0. The summed E-state index contributed by atoms with van der Waals surface area (Å²) in [6, 6.07) is 0.400. The van der Waals surface area contributed by atoms with Crippen LogP contribution in [-0.4, -0.2) is 62.7 Å². The summed E-state index contributed by atoms with van der Waals surface area (Å²) >= 11 is 0. The average molecular weight is 438 g/mol. The third-order valence-electron chi connectivity index (χ3n) is 4.22. The van der Waals surface area contributed by atoms with Gasteiger partial charge in [-0.2, -0.15) is 0 Å². The van der Waals surface area contributed by atoms with Crippen LogP contribution in [0.4, 0.5) is 0 Å². The Morgan fingerprint density at radius 2 is 1.96 bits per heavy atom. The van der Waals surface area contributed by atoms with Crippen LogP contribution in [0.1, 0.15) is 39.0 Å². The van der Waals surface area contributed by atoms with Crippen LogP contribution in [0.3, 0.4) is 0 Å². The Hall–Kier alpha value is -0.570. The van der Waals surface area contributed by atoms with Crippen LogP contribution in [-0.2, 0) is 9.53 Å². The number of nitrogens with one attached hydrogen (secondary N) is 2. The van der Waals surface area contributed by atoms with Gasteiger partial charge in [-0.3, -0.25) is 4.79 Å². The van der Waals surface area contributed by atoms with E-state index < -0.39 is 0 Å². The maximum absolute atomic E-state index is 11.8. The molecule has 2 fully saturated rings. The van der Waals surface area contributed by atoms with E-state index in [1.807, 2.05) is 14.0 Å². The second-order valence-electron chi connectivity index (χ2n) is 6.28. The number of guanidine groups is 1. The number of ether oxygens (including phenoxy) is 1. The Morgan fingerprint density at radius 3 is 2.57 bits per heavy atom. The molecule has 1 aliphatic heterocycles. The quantitative estimate of drug-likeness (QED) is 0.360. The third-order valence-corrected chi connectivity index (χ3v) is 4.22. The van der Waals surface area contributed by atoms with Gasteiger partial charge in [0.25, 0.3) is 0 Å². The fourth-order valence-corrected chi connectivity index (χ4v) is 2.63. The second-order valence-corrected chi connectivity index (χ2v) is 6.28. The summed E-state index contributed by atoms with van der Waals surface area (Å²) in [5.74, 6) is 1.59. The van der Waals surface area contributed by atoms with Crippen LogP contribution >= 0.6 is 24.0 Å². The molecule has 1 saturated carbocycles. The Kier molecular flexibility index (Phi) is 9.85. The lowest BCUT2D eigenvalue weighted by molar-refractivity contribution is -0.119. The molecular formula is C16H31IN4O2. The summed E-state index contributed by atoms with van der Waals surface area (Å²) in [4.78, 5) is 18.3. The Labute approximate surface area is 156 Å². The van der Waals surface area contributed by atoms with Crippen LogP contribution in [0, 0.1) is 5.92 Å². The molecule has 0 atom stereocenters. The maximum Gasteiger partial charge on any atom is 0.242 e. The van der Waals surface area contributed by atoms with E-state index in [2.05, 4.69) is 20.5 Å². The lowest BCUT2D eigenvalue weighted by Gasteiger charge is -2.26. The molecule has 2 rings (SSSR count). The molecule has 0 spiro atoms. The van der Waals surface area contributed by atoms with Crippen molar-refractivity contribution in [2.45, 2.75) is 45.1 Å². The summed E-state index contributed by atoms with van der Waals surface area (Å²) in [5, 5.41) is 6.23. The van der Waals surface area contributed by atoms with Gasteiger partial charge in [0.05, 0.1) is 0 Å². The van der Waals surface area contributed by atoms with Gasteiger partial charge in [0.15, 0.2) is 5.96 Å². The summed E-state index contributed by atoms with van der Waals surface area (Å²) in [6.07, 6.45) is 5.69. The number of hydrogen-bond donors (Lipinski definition) is 2. The van der Waals surface area contributed by atoms with Crippen molar-refractivity contribution in [1.82, 2.24) is 15.5 Å². The lowest BCUT2D eigenvalue weighted by atomic mass is 9.96. The fraction of sp³-hybridized carbons (Fsp3) is 0.875. The Morgan fingerprint density at radius 1 is 1.26 bits per heavy atom. The van der Waals surface area contributed by atoms with E-state index in [0.717, 1.165) is 70.3 Å². The molecule has 1 amide bonds. The van der Waals surface area contributed by atoms with Crippen molar-refractivity contribution in [3.8, 4) is 0 Å². The fourth-order valence-electron chi connectivity index (χ4n) is 2.63. The van der Waals surface area contributed by atoms with Gasteiger partial charge in [-0.25, -0.2) is 4.99 Å². The van der Waals surface area contributed by atoms with Gasteiger partial charge in [0.1, 0.15) is 6.54 Å². The number of amides is 1. The first-order valence-electron chi connectivity index (χ1n) is 8.55. The lowest BCUT2D eigenvalue weighted by Crippen LogP contribution is -2.41. The van der Waals surface area contributed by atoms with Gasteiger partial charge < -0.3 is 20.3 Å². The number of hydrogen-bond acceptors (Lipinski definition) is 3. The van der Waals surface area contributed by atoms with Crippen molar-refractivity contribution in [2.24, 2.45) is 10.9 Å². The third kappa shape index (κ3) is 8.19. The summed E-state index contributed by atoms with van der Waals surface area (Å²) in [5.41, 5.74) is 0. The standard InChI is InChI=1S/C16H30N4O2.HI/c1-3-17-16(18-12-15(21)19-14-4-5-14)20(2)9-6-13-7-10-22-11-8-13;/h13-14H,3-12H2,1-2H3,(H,17,18)(H,19,21);1H. The van der Waals surface area contributed by atoms with E-state index in [0.29, 0.717) is 6.04 Å². The summed E-state index contributed by atoms with van der Waals surface area (Å²) in [7, 11) is 2.04. The van der Waals surface area contributed by atoms with E-state index in [1.165, 1.54) is 0 Å². The monoisotopic (exact) mass is 438 g/mol. The molecule has 134 valence electrons. The molecule has 0 aromatic carbocycles. The highest BCUT2D eigenvalue weighted by Crippen LogP contribution is 2.19. The predicted octanol–water partition coefficient (Wildman–Crippen LogP) is 1.60. The van der Waals surface area contributed by atoms with E-state index in [4.69, 9.17) is 4.74 Å². The van der Waals surface area contributed by atoms with Crippen molar-refractivity contribution in [3.63, 3.8) is 0 Å². The zero-order valence-corrected chi connectivity index (χ0v) is 16.7. The first kappa shape index (κ1) is 20.5. The molecule has 23 heavy (non-hydrogen) atoms. The predicted molar refractivity (Wildman–Crippen MR) is 103 cm³/mol. The highest BCUT2D eigenvalue weighted by Gasteiger charge is 2.23. The normalized spacial score (nSPS) is 19.0. The zero-order valence-electron chi connectivity index (χ0n) is 14.3.